The Labute approximate surface area is 178 Å². The molecule has 1 saturated heterocycles. The molecule has 1 N–H and O–H groups in total. The molecule has 1 fully saturated rings. The number of ether oxygens (including phenoxy) is 1. The van der Waals surface area contributed by atoms with Crippen LogP contribution in [0.5, 0.6) is 5.75 Å². The minimum atomic E-state index is -3.91. The lowest BCUT2D eigenvalue weighted by Crippen LogP contribution is -2.43. The molecule has 1 amide bonds. The topological polar surface area (TPSA) is 75.7 Å². The second-order valence-corrected chi connectivity index (χ2v) is 9.37. The maximum atomic E-state index is 13.3. The molecule has 29 heavy (non-hydrogen) atoms. The molecule has 0 aliphatic carbocycles. The van der Waals surface area contributed by atoms with Crippen LogP contribution in [0, 0.1) is 11.7 Å². The maximum absolute atomic E-state index is 13.3. The van der Waals surface area contributed by atoms with Crippen LogP contribution >= 0.6 is 23.2 Å². The molecule has 6 nitrogen and oxygen atoms in total. The summed E-state index contributed by atoms with van der Waals surface area (Å²) in [6.07, 6.45) is 1.05. The van der Waals surface area contributed by atoms with E-state index >= 15 is 0 Å². The number of amides is 1. The Hall–Kier alpha value is -1.87. The lowest BCUT2D eigenvalue weighted by molar-refractivity contribution is -0.120. The van der Waals surface area contributed by atoms with E-state index in [0.717, 1.165) is 6.07 Å². The molecular weight excluding hydrogens is 442 g/mol. The summed E-state index contributed by atoms with van der Waals surface area (Å²) >= 11 is 11.7. The van der Waals surface area contributed by atoms with Crippen LogP contribution in [-0.2, 0) is 14.8 Å². The number of nitrogens with zero attached hydrogens (tertiary/aromatic N) is 1. The highest BCUT2D eigenvalue weighted by atomic mass is 35.5. The number of hydrogen-bond donors (Lipinski definition) is 1. The van der Waals surface area contributed by atoms with Gasteiger partial charge in [0.05, 0.1) is 18.1 Å². The Morgan fingerprint density at radius 3 is 2.69 bits per heavy atom. The van der Waals surface area contributed by atoms with E-state index in [1.807, 2.05) is 0 Å². The van der Waals surface area contributed by atoms with E-state index in [2.05, 4.69) is 5.32 Å². The molecule has 3 rings (SSSR count). The summed E-state index contributed by atoms with van der Waals surface area (Å²) in [4.78, 5) is 12.6. The Morgan fingerprint density at radius 2 is 2.00 bits per heavy atom. The van der Waals surface area contributed by atoms with E-state index in [1.54, 1.807) is 6.07 Å². The van der Waals surface area contributed by atoms with Crippen LogP contribution in [0.2, 0.25) is 10.0 Å². The quantitative estimate of drug-likeness (QED) is 0.725. The van der Waals surface area contributed by atoms with Crippen LogP contribution in [0.15, 0.2) is 41.3 Å². The minimum Gasteiger partial charge on any atom is -0.495 e. The molecule has 10 heteroatoms. The van der Waals surface area contributed by atoms with Gasteiger partial charge in [0, 0.05) is 23.8 Å². The molecule has 0 radical (unpaired) electrons. The Kier molecular flexibility index (Phi) is 6.68. The first-order chi connectivity index (χ1) is 13.7. The molecule has 156 valence electrons. The minimum absolute atomic E-state index is 0.0127. The third kappa shape index (κ3) is 4.83. The SMILES string of the molecule is COc1ccc(Cl)cc1S(=O)(=O)N1CCC[C@@H](C(=O)Nc2ccc(F)c(Cl)c2)C1. The van der Waals surface area contributed by atoms with Gasteiger partial charge in [0.1, 0.15) is 16.5 Å². The van der Waals surface area contributed by atoms with Gasteiger partial charge in [-0.15, -0.1) is 0 Å². The van der Waals surface area contributed by atoms with E-state index in [-0.39, 0.29) is 39.7 Å². The molecule has 2 aromatic carbocycles. The number of nitrogens with one attached hydrogen (secondary N) is 1. The van der Waals surface area contributed by atoms with Crippen molar-refractivity contribution >= 4 is 44.8 Å². The van der Waals surface area contributed by atoms with Crippen molar-refractivity contribution < 1.29 is 22.3 Å². The van der Waals surface area contributed by atoms with Gasteiger partial charge in [0.2, 0.25) is 15.9 Å². The van der Waals surface area contributed by atoms with Crippen molar-refractivity contribution in [2.75, 3.05) is 25.5 Å². The van der Waals surface area contributed by atoms with Gasteiger partial charge in [0.15, 0.2) is 0 Å². The van der Waals surface area contributed by atoms with Crippen molar-refractivity contribution in [3.63, 3.8) is 0 Å². The Morgan fingerprint density at radius 1 is 1.24 bits per heavy atom. The molecule has 1 heterocycles. The predicted molar refractivity (Wildman–Crippen MR) is 110 cm³/mol. The van der Waals surface area contributed by atoms with Gasteiger partial charge in [-0.1, -0.05) is 23.2 Å². The maximum Gasteiger partial charge on any atom is 0.246 e. The van der Waals surface area contributed by atoms with Gasteiger partial charge in [0.25, 0.3) is 0 Å². The van der Waals surface area contributed by atoms with Crippen molar-refractivity contribution in [3.8, 4) is 5.75 Å². The van der Waals surface area contributed by atoms with Gasteiger partial charge in [-0.2, -0.15) is 4.31 Å². The molecule has 1 aliphatic rings. The molecule has 0 unspecified atom stereocenters. The Balaban J connectivity index is 1.78. The fourth-order valence-corrected chi connectivity index (χ4v) is 5.31. The standard InChI is InChI=1S/C19H19Cl2FN2O4S/c1-28-17-7-4-13(20)9-18(17)29(26,27)24-8-2-3-12(11-24)19(25)23-14-5-6-16(22)15(21)10-14/h4-7,9-10,12H,2-3,8,11H2,1H3,(H,23,25)/t12-/m1/s1. The Bertz CT molecular complexity index is 1030. The highest BCUT2D eigenvalue weighted by Crippen LogP contribution is 2.32. The fourth-order valence-electron chi connectivity index (χ4n) is 3.18. The first kappa shape index (κ1) is 21.8. The molecule has 2 aromatic rings. The summed E-state index contributed by atoms with van der Waals surface area (Å²) in [6.45, 7) is 0.295. The summed E-state index contributed by atoms with van der Waals surface area (Å²) < 4.78 is 46.0. The largest absolute Gasteiger partial charge is 0.495 e. The van der Waals surface area contributed by atoms with Crippen LogP contribution in [-0.4, -0.2) is 38.8 Å². The van der Waals surface area contributed by atoms with E-state index in [0.29, 0.717) is 18.5 Å². The monoisotopic (exact) mass is 460 g/mol. The summed E-state index contributed by atoms with van der Waals surface area (Å²) in [7, 11) is -2.53. The van der Waals surface area contributed by atoms with E-state index in [1.165, 1.54) is 35.7 Å². The molecule has 1 aliphatic heterocycles. The zero-order valence-corrected chi connectivity index (χ0v) is 17.8. The van der Waals surface area contributed by atoms with Gasteiger partial charge in [-0.05, 0) is 49.2 Å². The van der Waals surface area contributed by atoms with E-state index < -0.39 is 21.8 Å². The molecule has 1 atom stereocenters. The number of piperidine rings is 1. The molecular formula is C19H19Cl2FN2O4S. The highest BCUT2D eigenvalue weighted by molar-refractivity contribution is 7.89. The van der Waals surface area contributed by atoms with Crippen molar-refractivity contribution in [3.05, 3.63) is 52.3 Å². The van der Waals surface area contributed by atoms with Crippen molar-refractivity contribution in [2.45, 2.75) is 17.7 Å². The first-order valence-corrected chi connectivity index (χ1v) is 11.0. The molecule has 0 aromatic heterocycles. The van der Waals surface area contributed by atoms with Crippen molar-refractivity contribution in [1.29, 1.82) is 0 Å². The first-order valence-electron chi connectivity index (χ1n) is 8.82. The van der Waals surface area contributed by atoms with Crippen LogP contribution in [0.4, 0.5) is 10.1 Å². The number of rotatable bonds is 5. The average Bonchev–Trinajstić information content (AvgIpc) is 2.70. The van der Waals surface area contributed by atoms with Crippen LogP contribution < -0.4 is 10.1 Å². The average molecular weight is 461 g/mol. The van der Waals surface area contributed by atoms with Gasteiger partial charge in [-0.3, -0.25) is 4.79 Å². The van der Waals surface area contributed by atoms with E-state index in [4.69, 9.17) is 27.9 Å². The number of carbonyl (C=O) groups excluding carboxylic acids is 1. The number of anilines is 1. The lowest BCUT2D eigenvalue weighted by atomic mass is 9.99. The molecule has 0 bridgehead atoms. The second kappa shape index (κ2) is 8.87. The van der Waals surface area contributed by atoms with Gasteiger partial charge >= 0.3 is 0 Å². The third-order valence-electron chi connectivity index (χ3n) is 4.69. The number of methoxy groups -OCH3 is 1. The summed E-state index contributed by atoms with van der Waals surface area (Å²) in [5, 5.41) is 2.83. The fraction of sp³-hybridized carbons (Fsp3) is 0.316. The van der Waals surface area contributed by atoms with Crippen molar-refractivity contribution in [2.24, 2.45) is 5.92 Å². The zero-order valence-electron chi connectivity index (χ0n) is 15.5. The summed E-state index contributed by atoms with van der Waals surface area (Å²) in [5.41, 5.74) is 0.345. The second-order valence-electron chi connectivity index (χ2n) is 6.62. The smallest absolute Gasteiger partial charge is 0.246 e. The number of carbonyl (C=O) groups is 1. The number of hydrogen-bond acceptors (Lipinski definition) is 4. The highest BCUT2D eigenvalue weighted by Gasteiger charge is 2.35. The summed E-state index contributed by atoms with van der Waals surface area (Å²) in [6, 6.07) is 8.22. The molecule has 0 spiro atoms. The van der Waals surface area contributed by atoms with Gasteiger partial charge < -0.3 is 10.1 Å². The lowest BCUT2D eigenvalue weighted by Gasteiger charge is -2.31. The van der Waals surface area contributed by atoms with Crippen molar-refractivity contribution in [1.82, 2.24) is 4.31 Å². The zero-order chi connectivity index (χ0) is 21.2. The normalized spacial score (nSPS) is 17.7. The number of benzene rings is 2. The summed E-state index contributed by atoms with van der Waals surface area (Å²) in [5.74, 6) is -1.32. The third-order valence-corrected chi connectivity index (χ3v) is 7.10. The van der Waals surface area contributed by atoms with E-state index in [9.17, 15) is 17.6 Å². The van der Waals surface area contributed by atoms with Gasteiger partial charge in [-0.25, -0.2) is 12.8 Å². The number of sulfonamides is 1. The van der Waals surface area contributed by atoms with Crippen LogP contribution in [0.1, 0.15) is 12.8 Å². The van der Waals surface area contributed by atoms with Crippen LogP contribution in [0.3, 0.4) is 0 Å². The predicted octanol–water partition coefficient (Wildman–Crippen LogP) is 4.18. The number of halogens is 3. The molecule has 0 saturated carbocycles. The van der Waals surface area contributed by atoms with Crippen LogP contribution in [0.25, 0.3) is 0 Å².